The molecule has 1 atom stereocenters. The van der Waals surface area contributed by atoms with Gasteiger partial charge in [0.25, 0.3) is 11.8 Å². The Morgan fingerprint density at radius 3 is 2.29 bits per heavy atom. The molecule has 0 bridgehead atoms. The minimum Gasteiger partial charge on any atom is -0.275 e. The summed E-state index contributed by atoms with van der Waals surface area (Å²) in [5.41, 5.74) is 4.91. The van der Waals surface area contributed by atoms with E-state index in [1.54, 1.807) is 0 Å². The molecule has 0 aromatic carbocycles. The zero-order valence-corrected chi connectivity index (χ0v) is 14.5. The van der Waals surface area contributed by atoms with Crippen LogP contribution < -0.4 is 10.9 Å². The second-order valence-corrected chi connectivity index (χ2v) is 5.90. The summed E-state index contributed by atoms with van der Waals surface area (Å²) >= 11 is 0. The van der Waals surface area contributed by atoms with Crippen LogP contribution in [0.25, 0.3) is 0 Å². The summed E-state index contributed by atoms with van der Waals surface area (Å²) < 4.78 is 0. The van der Waals surface area contributed by atoms with E-state index in [9.17, 15) is 19.2 Å². The largest absolute Gasteiger partial charge is 0.275 e. The van der Waals surface area contributed by atoms with E-state index in [1.165, 1.54) is 17.1 Å². The van der Waals surface area contributed by atoms with Gasteiger partial charge in [-0.2, -0.15) is 0 Å². The zero-order valence-electron chi connectivity index (χ0n) is 14.5. The Kier molecular flexibility index (Phi) is 8.75. The average Bonchev–Trinajstić information content (AvgIpc) is 2.88. The molecule has 1 aliphatic heterocycles. The van der Waals surface area contributed by atoms with Crippen LogP contribution in [0.1, 0.15) is 58.8 Å². The first-order valence-electron chi connectivity index (χ1n) is 8.61. The first-order chi connectivity index (χ1) is 11.5. The molecule has 0 radical (unpaired) electrons. The SMILES string of the molecule is CCCC(CC)C(=O)NNC(=O)CCCCCN1C(=O)C=CC1=O. The molecule has 1 heterocycles. The lowest BCUT2D eigenvalue weighted by atomic mass is 10.0. The van der Waals surface area contributed by atoms with E-state index in [2.05, 4.69) is 10.9 Å². The minimum absolute atomic E-state index is 0.0700. The molecule has 4 amide bonds. The Labute approximate surface area is 142 Å². The quantitative estimate of drug-likeness (QED) is 0.358. The molecule has 1 rings (SSSR count). The van der Waals surface area contributed by atoms with Gasteiger partial charge in [-0.05, 0) is 25.7 Å². The molecule has 0 aromatic rings. The molecule has 0 saturated heterocycles. The van der Waals surface area contributed by atoms with Crippen molar-refractivity contribution in [3.63, 3.8) is 0 Å². The number of rotatable bonds is 10. The van der Waals surface area contributed by atoms with Crippen molar-refractivity contribution in [2.75, 3.05) is 6.54 Å². The molecular weight excluding hydrogens is 310 g/mol. The van der Waals surface area contributed by atoms with Crippen molar-refractivity contribution in [2.45, 2.75) is 58.8 Å². The van der Waals surface area contributed by atoms with Crippen LogP contribution in [0.2, 0.25) is 0 Å². The maximum Gasteiger partial charge on any atom is 0.253 e. The fourth-order valence-electron chi connectivity index (χ4n) is 2.55. The van der Waals surface area contributed by atoms with Gasteiger partial charge in [0.05, 0.1) is 0 Å². The molecule has 24 heavy (non-hydrogen) atoms. The lowest BCUT2D eigenvalue weighted by Crippen LogP contribution is -2.44. The van der Waals surface area contributed by atoms with Gasteiger partial charge in [-0.3, -0.25) is 34.9 Å². The van der Waals surface area contributed by atoms with Crippen LogP contribution in [0.15, 0.2) is 12.2 Å². The molecule has 7 nitrogen and oxygen atoms in total. The molecule has 7 heteroatoms. The van der Waals surface area contributed by atoms with Crippen LogP contribution in [0.4, 0.5) is 0 Å². The van der Waals surface area contributed by atoms with E-state index < -0.39 is 0 Å². The van der Waals surface area contributed by atoms with Crippen molar-refractivity contribution in [2.24, 2.45) is 5.92 Å². The van der Waals surface area contributed by atoms with Crippen LogP contribution in [0.3, 0.4) is 0 Å². The topological polar surface area (TPSA) is 95.6 Å². The molecular formula is C17H27N3O4. The third-order valence-corrected chi connectivity index (χ3v) is 4.01. The number of nitrogens with one attached hydrogen (secondary N) is 2. The Bertz CT molecular complexity index is 484. The summed E-state index contributed by atoms with van der Waals surface area (Å²) in [5, 5.41) is 0. The summed E-state index contributed by atoms with van der Waals surface area (Å²) in [7, 11) is 0. The van der Waals surface area contributed by atoms with E-state index >= 15 is 0 Å². The van der Waals surface area contributed by atoms with Gasteiger partial charge in [-0.25, -0.2) is 0 Å². The van der Waals surface area contributed by atoms with Gasteiger partial charge < -0.3 is 0 Å². The number of amides is 4. The number of nitrogens with zero attached hydrogens (tertiary/aromatic N) is 1. The Hall–Kier alpha value is -2.18. The third kappa shape index (κ3) is 6.52. The van der Waals surface area contributed by atoms with E-state index in [1.807, 2.05) is 13.8 Å². The van der Waals surface area contributed by atoms with Crippen molar-refractivity contribution < 1.29 is 19.2 Å². The number of unbranched alkanes of at least 4 members (excludes halogenated alkanes) is 2. The molecule has 0 spiro atoms. The van der Waals surface area contributed by atoms with Crippen LogP contribution in [0, 0.1) is 5.92 Å². The highest BCUT2D eigenvalue weighted by Crippen LogP contribution is 2.10. The summed E-state index contributed by atoms with van der Waals surface area (Å²) in [5.74, 6) is -1.01. The fourth-order valence-corrected chi connectivity index (χ4v) is 2.55. The zero-order chi connectivity index (χ0) is 17.9. The standard InChI is InChI=1S/C17H27N3O4/c1-3-8-13(4-2)17(24)19-18-14(21)9-6-5-7-12-20-15(22)10-11-16(20)23/h10-11,13H,3-9,12H2,1-2H3,(H,18,21)(H,19,24). The second kappa shape index (κ2) is 10.6. The van der Waals surface area contributed by atoms with Crippen molar-refractivity contribution in [3.05, 3.63) is 12.2 Å². The Morgan fingerprint density at radius 2 is 1.71 bits per heavy atom. The fraction of sp³-hybridized carbons (Fsp3) is 0.647. The summed E-state index contributed by atoms with van der Waals surface area (Å²) in [6.07, 6.45) is 7.33. The highest BCUT2D eigenvalue weighted by Gasteiger charge is 2.22. The number of imide groups is 1. The number of carbonyl (C=O) groups excluding carboxylic acids is 4. The van der Waals surface area contributed by atoms with Gasteiger partial charge in [-0.1, -0.05) is 26.7 Å². The monoisotopic (exact) mass is 337 g/mol. The van der Waals surface area contributed by atoms with E-state index in [4.69, 9.17) is 0 Å². The van der Waals surface area contributed by atoms with Crippen molar-refractivity contribution in [1.29, 1.82) is 0 Å². The van der Waals surface area contributed by atoms with Crippen LogP contribution >= 0.6 is 0 Å². The van der Waals surface area contributed by atoms with Gasteiger partial charge in [0, 0.05) is 31.0 Å². The van der Waals surface area contributed by atoms with E-state index in [-0.39, 0.29) is 29.5 Å². The van der Waals surface area contributed by atoms with Crippen LogP contribution in [0.5, 0.6) is 0 Å². The smallest absolute Gasteiger partial charge is 0.253 e. The molecule has 134 valence electrons. The Morgan fingerprint density at radius 1 is 1.04 bits per heavy atom. The normalized spacial score (nSPS) is 14.8. The highest BCUT2D eigenvalue weighted by atomic mass is 16.2. The van der Waals surface area contributed by atoms with Crippen LogP contribution in [-0.4, -0.2) is 35.1 Å². The second-order valence-electron chi connectivity index (χ2n) is 5.90. The molecule has 1 unspecified atom stereocenters. The lowest BCUT2D eigenvalue weighted by Gasteiger charge is -2.15. The minimum atomic E-state index is -0.280. The number of hydrazine groups is 1. The number of hydrogen-bond donors (Lipinski definition) is 2. The summed E-state index contributed by atoms with van der Waals surface area (Å²) in [6, 6.07) is 0. The molecule has 1 aliphatic rings. The van der Waals surface area contributed by atoms with Crippen LogP contribution in [-0.2, 0) is 19.2 Å². The number of carbonyl (C=O) groups is 4. The maximum atomic E-state index is 11.9. The van der Waals surface area contributed by atoms with Gasteiger partial charge in [0.1, 0.15) is 0 Å². The average molecular weight is 337 g/mol. The first-order valence-corrected chi connectivity index (χ1v) is 8.61. The van der Waals surface area contributed by atoms with Gasteiger partial charge in [0.15, 0.2) is 0 Å². The van der Waals surface area contributed by atoms with Gasteiger partial charge >= 0.3 is 0 Å². The molecule has 0 saturated carbocycles. The van der Waals surface area contributed by atoms with Crippen molar-refractivity contribution in [3.8, 4) is 0 Å². The third-order valence-electron chi connectivity index (χ3n) is 4.01. The molecule has 0 aliphatic carbocycles. The molecule has 2 N–H and O–H groups in total. The molecule has 0 aromatic heterocycles. The highest BCUT2D eigenvalue weighted by molar-refractivity contribution is 6.12. The predicted molar refractivity (Wildman–Crippen MR) is 89.3 cm³/mol. The first kappa shape index (κ1) is 19.9. The summed E-state index contributed by atoms with van der Waals surface area (Å²) in [6.45, 7) is 4.35. The number of hydrogen-bond acceptors (Lipinski definition) is 4. The predicted octanol–water partition coefficient (Wildman–Crippen LogP) is 1.45. The van der Waals surface area contributed by atoms with Crippen molar-refractivity contribution >= 4 is 23.6 Å². The summed E-state index contributed by atoms with van der Waals surface area (Å²) in [4.78, 5) is 47.4. The van der Waals surface area contributed by atoms with Gasteiger partial charge in [0.2, 0.25) is 11.8 Å². The van der Waals surface area contributed by atoms with E-state index in [0.717, 1.165) is 25.7 Å². The van der Waals surface area contributed by atoms with E-state index in [0.29, 0.717) is 25.8 Å². The van der Waals surface area contributed by atoms with Gasteiger partial charge in [-0.15, -0.1) is 0 Å². The lowest BCUT2D eigenvalue weighted by molar-refractivity contribution is -0.137. The molecule has 0 fully saturated rings. The maximum absolute atomic E-state index is 11.9. The Balaban J connectivity index is 2.11. The van der Waals surface area contributed by atoms with Crippen molar-refractivity contribution in [1.82, 2.24) is 15.8 Å².